The van der Waals surface area contributed by atoms with Crippen molar-refractivity contribution in [3.63, 3.8) is 0 Å². The minimum atomic E-state index is -1.07. The number of allylic oxidation sites excluding steroid dienone is 1. The summed E-state index contributed by atoms with van der Waals surface area (Å²) in [5.74, 6) is -0.538. The van der Waals surface area contributed by atoms with Gasteiger partial charge in [0.15, 0.2) is 6.10 Å². The Labute approximate surface area is 92.4 Å². The number of hydrogen-bond acceptors (Lipinski definition) is 4. The summed E-state index contributed by atoms with van der Waals surface area (Å²) in [6.45, 7) is 0. The summed E-state index contributed by atoms with van der Waals surface area (Å²) in [6, 6.07) is 0. The van der Waals surface area contributed by atoms with Crippen LogP contribution in [0.4, 0.5) is 0 Å². The average Bonchev–Trinajstić information content (AvgIpc) is 2.72. The first kappa shape index (κ1) is 10.6. The molecule has 2 aliphatic rings. The number of carbonyl (C=O) groups is 1. The summed E-state index contributed by atoms with van der Waals surface area (Å²) in [6.07, 6.45) is 5.46. The molecule has 0 aromatic rings. The largest absolute Gasteiger partial charge is 0.494 e. The van der Waals surface area contributed by atoms with E-state index in [2.05, 4.69) is 4.99 Å². The van der Waals surface area contributed by atoms with Gasteiger partial charge >= 0.3 is 5.97 Å². The zero-order valence-corrected chi connectivity index (χ0v) is 8.85. The maximum absolute atomic E-state index is 10.8. The Morgan fingerprint density at radius 3 is 2.62 bits per heavy atom. The van der Waals surface area contributed by atoms with Gasteiger partial charge < -0.3 is 14.6 Å². The average molecular weight is 220 g/mol. The number of hydrogen-bond donors (Lipinski definition) is 1. The van der Waals surface area contributed by atoms with E-state index in [1.165, 1.54) is 20.3 Å². The molecule has 1 heterocycles. The molecule has 0 fully saturated rings. The normalized spacial score (nSPS) is 19.4. The Morgan fingerprint density at radius 1 is 1.31 bits per heavy atom. The quantitative estimate of drug-likeness (QED) is 0.772. The summed E-state index contributed by atoms with van der Waals surface area (Å²) in [7, 11) is 3.03. The SMILES string of the molecule is CO[C]1C=CC(OC)=C2N=C(C(=O)O)C=C12. The van der Waals surface area contributed by atoms with Crippen LogP contribution in [-0.4, -0.2) is 31.0 Å². The molecule has 1 aliphatic carbocycles. The van der Waals surface area contributed by atoms with Gasteiger partial charge in [0.05, 0.1) is 7.11 Å². The van der Waals surface area contributed by atoms with Crippen molar-refractivity contribution < 1.29 is 19.4 Å². The number of methoxy groups -OCH3 is 2. The summed E-state index contributed by atoms with van der Waals surface area (Å²) in [5.41, 5.74) is 1.12. The number of ether oxygens (including phenoxy) is 2. The van der Waals surface area contributed by atoms with Crippen LogP contribution in [-0.2, 0) is 14.3 Å². The molecule has 16 heavy (non-hydrogen) atoms. The molecule has 0 amide bonds. The number of nitrogens with zero attached hydrogens (tertiary/aromatic N) is 1. The molecule has 83 valence electrons. The molecule has 0 aromatic carbocycles. The van der Waals surface area contributed by atoms with Crippen LogP contribution in [0.2, 0.25) is 0 Å². The zero-order valence-electron chi connectivity index (χ0n) is 8.85. The molecule has 1 N–H and O–H groups in total. The lowest BCUT2D eigenvalue weighted by Crippen LogP contribution is -2.08. The van der Waals surface area contributed by atoms with E-state index in [4.69, 9.17) is 14.6 Å². The fourth-order valence-corrected chi connectivity index (χ4v) is 1.57. The lowest BCUT2D eigenvalue weighted by atomic mass is 10.0. The van der Waals surface area contributed by atoms with Crippen molar-refractivity contribution in [1.82, 2.24) is 0 Å². The number of carboxylic acid groups (broad SMARTS) is 1. The summed E-state index contributed by atoms with van der Waals surface area (Å²) in [5, 5.41) is 8.87. The Morgan fingerprint density at radius 2 is 2.06 bits per heavy atom. The maximum atomic E-state index is 10.8. The second-order valence-electron chi connectivity index (χ2n) is 3.18. The predicted molar refractivity (Wildman–Crippen MR) is 56.6 cm³/mol. The molecular weight excluding hydrogens is 210 g/mol. The van der Waals surface area contributed by atoms with E-state index >= 15 is 0 Å². The molecule has 0 spiro atoms. The molecule has 0 bridgehead atoms. The zero-order chi connectivity index (χ0) is 11.7. The topological polar surface area (TPSA) is 68.1 Å². The highest BCUT2D eigenvalue weighted by atomic mass is 16.5. The molecule has 0 atom stereocenters. The minimum absolute atomic E-state index is 0.0159. The van der Waals surface area contributed by atoms with E-state index in [-0.39, 0.29) is 5.71 Å². The van der Waals surface area contributed by atoms with E-state index in [1.807, 2.05) is 0 Å². The Balaban J connectivity index is 2.47. The van der Waals surface area contributed by atoms with Crippen LogP contribution in [0, 0.1) is 6.10 Å². The van der Waals surface area contributed by atoms with Crippen LogP contribution >= 0.6 is 0 Å². The van der Waals surface area contributed by atoms with Gasteiger partial charge in [0, 0.05) is 12.7 Å². The van der Waals surface area contributed by atoms with E-state index in [0.29, 0.717) is 23.1 Å². The van der Waals surface area contributed by atoms with Gasteiger partial charge in [-0.15, -0.1) is 0 Å². The van der Waals surface area contributed by atoms with E-state index in [0.717, 1.165) is 0 Å². The van der Waals surface area contributed by atoms with Crippen molar-refractivity contribution >= 4 is 11.7 Å². The van der Waals surface area contributed by atoms with Crippen LogP contribution in [0.3, 0.4) is 0 Å². The van der Waals surface area contributed by atoms with E-state index in [9.17, 15) is 4.79 Å². The highest BCUT2D eigenvalue weighted by Crippen LogP contribution is 2.35. The van der Waals surface area contributed by atoms with Gasteiger partial charge in [-0.05, 0) is 18.2 Å². The molecule has 5 heteroatoms. The summed E-state index contributed by atoms with van der Waals surface area (Å²) in [4.78, 5) is 14.8. The molecular formula is C11H10NO4. The molecule has 5 nitrogen and oxygen atoms in total. The van der Waals surface area contributed by atoms with Crippen molar-refractivity contribution in [3.8, 4) is 0 Å². The van der Waals surface area contributed by atoms with Crippen LogP contribution in [0.25, 0.3) is 0 Å². The number of carboxylic acids is 1. The number of aliphatic imine (C=N–C) groups is 1. The van der Waals surface area contributed by atoms with Gasteiger partial charge in [-0.2, -0.15) is 0 Å². The third-order valence-corrected chi connectivity index (χ3v) is 2.31. The molecule has 0 saturated carbocycles. The summed E-state index contributed by atoms with van der Waals surface area (Å²) < 4.78 is 10.2. The third kappa shape index (κ3) is 1.55. The molecule has 2 rings (SSSR count). The first-order valence-electron chi connectivity index (χ1n) is 4.59. The molecule has 0 aromatic heterocycles. The van der Waals surface area contributed by atoms with E-state index < -0.39 is 5.97 Å². The van der Waals surface area contributed by atoms with Crippen LogP contribution in [0.15, 0.2) is 40.2 Å². The Hall–Kier alpha value is -1.88. The monoisotopic (exact) mass is 220 g/mol. The smallest absolute Gasteiger partial charge is 0.354 e. The number of rotatable bonds is 3. The lowest BCUT2D eigenvalue weighted by Gasteiger charge is -2.17. The van der Waals surface area contributed by atoms with Crippen molar-refractivity contribution in [2.45, 2.75) is 0 Å². The highest BCUT2D eigenvalue weighted by Gasteiger charge is 2.30. The number of fused-ring (bicyclic) bond motifs is 1. The van der Waals surface area contributed by atoms with Gasteiger partial charge in [-0.3, -0.25) is 0 Å². The molecule has 1 radical (unpaired) electrons. The third-order valence-electron chi connectivity index (χ3n) is 2.31. The van der Waals surface area contributed by atoms with Crippen molar-refractivity contribution in [2.75, 3.05) is 14.2 Å². The first-order chi connectivity index (χ1) is 7.67. The number of aliphatic carboxylic acids is 1. The summed E-state index contributed by atoms with van der Waals surface area (Å²) >= 11 is 0. The second kappa shape index (κ2) is 3.94. The van der Waals surface area contributed by atoms with E-state index in [1.54, 1.807) is 12.2 Å². The van der Waals surface area contributed by atoms with Crippen molar-refractivity contribution in [2.24, 2.45) is 4.99 Å². The Kier molecular flexibility index (Phi) is 2.62. The fourth-order valence-electron chi connectivity index (χ4n) is 1.57. The molecule has 0 saturated heterocycles. The van der Waals surface area contributed by atoms with Crippen LogP contribution in [0.1, 0.15) is 0 Å². The second-order valence-corrected chi connectivity index (χ2v) is 3.18. The van der Waals surface area contributed by atoms with Gasteiger partial charge in [0.2, 0.25) is 0 Å². The molecule has 1 aliphatic heterocycles. The Bertz CT molecular complexity index is 457. The van der Waals surface area contributed by atoms with Gasteiger partial charge in [0.1, 0.15) is 17.2 Å². The molecule has 0 unspecified atom stereocenters. The minimum Gasteiger partial charge on any atom is -0.494 e. The first-order valence-corrected chi connectivity index (χ1v) is 4.59. The predicted octanol–water partition coefficient (Wildman–Crippen LogP) is 1.06. The van der Waals surface area contributed by atoms with Crippen LogP contribution in [0.5, 0.6) is 0 Å². The lowest BCUT2D eigenvalue weighted by molar-refractivity contribution is -0.129. The fraction of sp³-hybridized carbons (Fsp3) is 0.182. The maximum Gasteiger partial charge on any atom is 0.354 e. The standard InChI is InChI=1S/C11H10NO4/c1-15-8-3-4-9(16-2)10-6(8)5-7(12-10)11(13)14/h3-5H,1-2H3,(H,13,14). The van der Waals surface area contributed by atoms with Crippen molar-refractivity contribution in [1.29, 1.82) is 0 Å². The van der Waals surface area contributed by atoms with Crippen LogP contribution < -0.4 is 0 Å². The van der Waals surface area contributed by atoms with Gasteiger partial charge in [0.25, 0.3) is 0 Å². The van der Waals surface area contributed by atoms with Gasteiger partial charge in [-0.1, -0.05) is 0 Å². The van der Waals surface area contributed by atoms with Crippen molar-refractivity contribution in [3.05, 3.63) is 41.4 Å². The highest BCUT2D eigenvalue weighted by molar-refractivity contribution is 6.42. The van der Waals surface area contributed by atoms with Gasteiger partial charge in [-0.25, -0.2) is 9.79 Å².